The summed E-state index contributed by atoms with van der Waals surface area (Å²) in [5, 5.41) is 19.2. The zero-order chi connectivity index (χ0) is 14.0. The Morgan fingerprint density at radius 1 is 1.37 bits per heavy atom. The summed E-state index contributed by atoms with van der Waals surface area (Å²) in [7, 11) is 3.86. The Morgan fingerprint density at radius 3 is 2.63 bits per heavy atom. The third-order valence-electron chi connectivity index (χ3n) is 2.41. The van der Waals surface area contributed by atoms with Crippen LogP contribution < -0.4 is 4.90 Å². The molecule has 1 atom stereocenters. The number of hydrogen-bond acceptors (Lipinski definition) is 6. The quantitative estimate of drug-likeness (QED) is 0.936. The minimum absolute atomic E-state index is 0.515. The molecule has 102 valence electrons. The largest absolute Gasteiger partial charge is 0.389 e. The van der Waals surface area contributed by atoms with E-state index in [1.807, 2.05) is 31.1 Å². The van der Waals surface area contributed by atoms with Crippen molar-refractivity contribution in [1.82, 2.24) is 10.2 Å². The van der Waals surface area contributed by atoms with Crippen molar-refractivity contribution in [1.29, 1.82) is 0 Å². The number of aliphatic hydroxyl groups is 1. The second-order valence-electron chi connectivity index (χ2n) is 4.21. The van der Waals surface area contributed by atoms with Crippen LogP contribution in [-0.2, 0) is 0 Å². The molecule has 0 aliphatic rings. The van der Waals surface area contributed by atoms with Crippen molar-refractivity contribution in [2.75, 3.05) is 19.0 Å². The Kier molecular flexibility index (Phi) is 4.67. The van der Waals surface area contributed by atoms with Crippen LogP contribution in [0.25, 0.3) is 0 Å². The molecule has 7 heteroatoms. The molecular formula is C12H14ClN3OS2. The second-order valence-corrected chi connectivity index (χ2v) is 6.87. The first kappa shape index (κ1) is 14.6. The standard InChI is InChI=1S/C12H14ClN3OS2/c1-7(17)8-4-5-10(9(13)6-8)18-12-15-14-11(19-12)16(2)3/h4-7,17H,1-3H3/t7-/m0/s1. The lowest BCUT2D eigenvalue weighted by Crippen LogP contribution is -2.07. The van der Waals surface area contributed by atoms with Crippen molar-refractivity contribution in [3.8, 4) is 0 Å². The van der Waals surface area contributed by atoms with Gasteiger partial charge in [0, 0.05) is 19.0 Å². The summed E-state index contributed by atoms with van der Waals surface area (Å²) in [6, 6.07) is 5.54. The monoisotopic (exact) mass is 315 g/mol. The smallest absolute Gasteiger partial charge is 0.208 e. The lowest BCUT2D eigenvalue weighted by molar-refractivity contribution is 0.199. The summed E-state index contributed by atoms with van der Waals surface area (Å²) in [5.41, 5.74) is 0.806. The van der Waals surface area contributed by atoms with Crippen molar-refractivity contribution in [3.63, 3.8) is 0 Å². The van der Waals surface area contributed by atoms with Gasteiger partial charge in [-0.2, -0.15) is 0 Å². The van der Waals surface area contributed by atoms with E-state index in [2.05, 4.69) is 10.2 Å². The predicted octanol–water partition coefficient (Wildman–Crippen LogP) is 3.46. The number of anilines is 1. The zero-order valence-corrected chi connectivity index (χ0v) is 13.2. The van der Waals surface area contributed by atoms with Gasteiger partial charge in [-0.1, -0.05) is 40.8 Å². The topological polar surface area (TPSA) is 49.3 Å². The lowest BCUT2D eigenvalue weighted by atomic mass is 10.1. The Hall–Kier alpha value is -0.820. The van der Waals surface area contributed by atoms with Gasteiger partial charge in [0.2, 0.25) is 5.13 Å². The van der Waals surface area contributed by atoms with Gasteiger partial charge in [0.15, 0.2) is 4.34 Å². The zero-order valence-electron chi connectivity index (χ0n) is 10.8. The molecule has 0 bridgehead atoms. The summed E-state index contributed by atoms with van der Waals surface area (Å²) < 4.78 is 0.843. The average molecular weight is 316 g/mol. The maximum atomic E-state index is 9.50. The van der Waals surface area contributed by atoms with E-state index in [1.54, 1.807) is 13.0 Å². The predicted molar refractivity (Wildman–Crippen MR) is 80.4 cm³/mol. The van der Waals surface area contributed by atoms with Crippen molar-refractivity contribution in [2.45, 2.75) is 22.3 Å². The SMILES string of the molecule is C[C@H](O)c1ccc(Sc2nnc(N(C)C)s2)c(Cl)c1. The van der Waals surface area contributed by atoms with Crippen LogP contribution in [0.15, 0.2) is 27.4 Å². The number of benzene rings is 1. The first-order valence-corrected chi connectivity index (χ1v) is 7.64. The molecule has 0 fully saturated rings. The molecule has 0 amide bonds. The minimum atomic E-state index is -0.515. The Labute approximate surface area is 125 Å². The highest BCUT2D eigenvalue weighted by Gasteiger charge is 2.11. The van der Waals surface area contributed by atoms with E-state index >= 15 is 0 Å². The third-order valence-corrected chi connectivity index (χ3v) is 5.06. The number of nitrogens with zero attached hydrogens (tertiary/aromatic N) is 3. The van der Waals surface area contributed by atoms with Crippen LogP contribution in [0.2, 0.25) is 5.02 Å². The van der Waals surface area contributed by atoms with Gasteiger partial charge in [-0.25, -0.2) is 0 Å². The maximum Gasteiger partial charge on any atom is 0.208 e. The van der Waals surface area contributed by atoms with Gasteiger partial charge in [-0.15, -0.1) is 10.2 Å². The summed E-state index contributed by atoms with van der Waals surface area (Å²) >= 11 is 9.20. The van der Waals surface area contributed by atoms with Crippen LogP contribution in [-0.4, -0.2) is 29.4 Å². The van der Waals surface area contributed by atoms with Gasteiger partial charge in [0.1, 0.15) is 0 Å². The van der Waals surface area contributed by atoms with Crippen molar-refractivity contribution in [2.24, 2.45) is 0 Å². The van der Waals surface area contributed by atoms with E-state index in [9.17, 15) is 5.11 Å². The molecule has 2 rings (SSSR count). The molecule has 0 spiro atoms. The van der Waals surface area contributed by atoms with Crippen LogP contribution in [0.4, 0.5) is 5.13 Å². The second kappa shape index (κ2) is 6.09. The van der Waals surface area contributed by atoms with E-state index in [1.165, 1.54) is 23.1 Å². The van der Waals surface area contributed by atoms with Gasteiger partial charge in [0.25, 0.3) is 0 Å². The van der Waals surface area contributed by atoms with Gasteiger partial charge in [-0.3, -0.25) is 0 Å². The molecule has 0 aliphatic heterocycles. The number of aliphatic hydroxyl groups excluding tert-OH is 1. The van der Waals surface area contributed by atoms with Gasteiger partial charge >= 0.3 is 0 Å². The fourth-order valence-electron chi connectivity index (χ4n) is 1.38. The van der Waals surface area contributed by atoms with E-state index in [4.69, 9.17) is 11.6 Å². The van der Waals surface area contributed by atoms with Crippen molar-refractivity contribution in [3.05, 3.63) is 28.8 Å². The highest BCUT2D eigenvalue weighted by Crippen LogP contribution is 2.37. The summed E-state index contributed by atoms with van der Waals surface area (Å²) in [6.45, 7) is 1.71. The van der Waals surface area contributed by atoms with Crippen LogP contribution >= 0.6 is 34.7 Å². The molecule has 1 aromatic heterocycles. The Bertz CT molecular complexity index is 572. The fourth-order valence-corrected chi connectivity index (χ4v) is 3.41. The summed E-state index contributed by atoms with van der Waals surface area (Å²) in [6.07, 6.45) is -0.515. The molecule has 0 unspecified atom stereocenters. The summed E-state index contributed by atoms with van der Waals surface area (Å²) in [5.74, 6) is 0. The maximum absolute atomic E-state index is 9.50. The third kappa shape index (κ3) is 3.60. The Morgan fingerprint density at radius 2 is 2.11 bits per heavy atom. The molecular weight excluding hydrogens is 302 g/mol. The van der Waals surface area contributed by atoms with Crippen LogP contribution in [0.5, 0.6) is 0 Å². The molecule has 2 aromatic rings. The average Bonchev–Trinajstić information content (AvgIpc) is 2.80. The molecule has 1 aromatic carbocycles. The van der Waals surface area contributed by atoms with Gasteiger partial charge in [-0.05, 0) is 24.6 Å². The number of rotatable bonds is 4. The van der Waals surface area contributed by atoms with Crippen LogP contribution in [0.1, 0.15) is 18.6 Å². The molecule has 19 heavy (non-hydrogen) atoms. The Balaban J connectivity index is 2.18. The van der Waals surface area contributed by atoms with Gasteiger partial charge in [0.05, 0.1) is 11.1 Å². The van der Waals surface area contributed by atoms with Gasteiger partial charge < -0.3 is 10.0 Å². The highest BCUT2D eigenvalue weighted by molar-refractivity contribution is 8.01. The molecule has 0 saturated heterocycles. The number of aromatic nitrogens is 2. The molecule has 0 aliphatic carbocycles. The molecule has 0 saturated carbocycles. The van der Waals surface area contributed by atoms with Crippen LogP contribution in [0.3, 0.4) is 0 Å². The highest BCUT2D eigenvalue weighted by atomic mass is 35.5. The van der Waals surface area contributed by atoms with E-state index < -0.39 is 6.10 Å². The minimum Gasteiger partial charge on any atom is -0.389 e. The molecule has 4 nitrogen and oxygen atoms in total. The van der Waals surface area contributed by atoms with Crippen molar-refractivity contribution < 1.29 is 5.11 Å². The first-order valence-electron chi connectivity index (χ1n) is 5.63. The summed E-state index contributed by atoms with van der Waals surface area (Å²) in [4.78, 5) is 2.83. The molecule has 1 N–H and O–H groups in total. The van der Waals surface area contributed by atoms with Crippen molar-refractivity contribution >= 4 is 39.8 Å². The van der Waals surface area contributed by atoms with E-state index in [-0.39, 0.29) is 0 Å². The lowest BCUT2D eigenvalue weighted by Gasteiger charge is -2.07. The van der Waals surface area contributed by atoms with E-state index in [0.717, 1.165) is 19.9 Å². The number of hydrogen-bond donors (Lipinski definition) is 1. The normalized spacial score (nSPS) is 12.5. The molecule has 1 heterocycles. The first-order chi connectivity index (χ1) is 8.97. The molecule has 0 radical (unpaired) electrons. The van der Waals surface area contributed by atoms with E-state index in [0.29, 0.717) is 5.02 Å². The van der Waals surface area contributed by atoms with Crippen LogP contribution in [0, 0.1) is 0 Å². The number of halogens is 1. The fraction of sp³-hybridized carbons (Fsp3) is 0.333.